The quantitative estimate of drug-likeness (QED) is 0.562. The molecule has 0 aliphatic rings. The molecule has 0 aliphatic carbocycles. The highest BCUT2D eigenvalue weighted by atomic mass is 79.9. The number of thioether (sulfide) groups is 1. The van der Waals surface area contributed by atoms with Gasteiger partial charge < -0.3 is 10.2 Å². The van der Waals surface area contributed by atoms with E-state index in [0.717, 1.165) is 15.8 Å². The summed E-state index contributed by atoms with van der Waals surface area (Å²) in [6.45, 7) is 8.78. The number of nitrogens with one attached hydrogen (secondary N) is 1. The van der Waals surface area contributed by atoms with Gasteiger partial charge in [-0.1, -0.05) is 57.4 Å². The number of carbonyl (C=O) groups excluding carboxylic acids is 2. The van der Waals surface area contributed by atoms with Crippen molar-refractivity contribution in [2.75, 3.05) is 12.3 Å². The van der Waals surface area contributed by atoms with Gasteiger partial charge in [-0.2, -0.15) is 0 Å². The van der Waals surface area contributed by atoms with Crippen LogP contribution in [0.15, 0.2) is 46.9 Å². The average Bonchev–Trinajstić information content (AvgIpc) is 2.65. The molecule has 4 nitrogen and oxygen atoms in total. The van der Waals surface area contributed by atoms with Gasteiger partial charge in [0.1, 0.15) is 6.04 Å². The molecule has 0 aromatic heterocycles. The summed E-state index contributed by atoms with van der Waals surface area (Å²) in [5.74, 6) is 0.951. The molecule has 0 saturated heterocycles. The molecule has 0 bridgehead atoms. The van der Waals surface area contributed by atoms with Gasteiger partial charge >= 0.3 is 0 Å². The first-order valence-electron chi connectivity index (χ1n) is 9.76. The lowest BCUT2D eigenvalue weighted by molar-refractivity contribution is -0.138. The van der Waals surface area contributed by atoms with Crippen LogP contribution in [0.2, 0.25) is 0 Å². The summed E-state index contributed by atoms with van der Waals surface area (Å²) in [7, 11) is 0. The minimum Gasteiger partial charge on any atom is -0.355 e. The minimum atomic E-state index is -0.525. The van der Waals surface area contributed by atoms with E-state index in [9.17, 15) is 9.59 Å². The number of amides is 2. The summed E-state index contributed by atoms with van der Waals surface area (Å²) in [6.07, 6.45) is 0. The summed E-state index contributed by atoms with van der Waals surface area (Å²) in [5, 5.41) is 2.82. The first-order valence-corrected chi connectivity index (χ1v) is 11.7. The molecule has 0 spiro atoms. The Hall–Kier alpha value is -1.79. The van der Waals surface area contributed by atoms with Crippen molar-refractivity contribution in [3.8, 4) is 0 Å². The molecule has 0 aliphatic heterocycles. The molecule has 0 saturated carbocycles. The zero-order valence-corrected chi connectivity index (χ0v) is 19.9. The van der Waals surface area contributed by atoms with Crippen LogP contribution in [0.3, 0.4) is 0 Å². The lowest BCUT2D eigenvalue weighted by Gasteiger charge is -2.28. The second-order valence-corrected chi connectivity index (χ2v) is 9.11. The lowest BCUT2D eigenvalue weighted by Crippen LogP contribution is -2.48. The fraction of sp³-hybridized carbons (Fsp3) is 0.391. The van der Waals surface area contributed by atoms with Gasteiger partial charge in [-0.15, -0.1) is 11.8 Å². The number of benzene rings is 2. The smallest absolute Gasteiger partial charge is 0.242 e. The first kappa shape index (κ1) is 23.5. The summed E-state index contributed by atoms with van der Waals surface area (Å²) < 4.78 is 0.956. The molecular formula is C23H29BrN2O2S. The second kappa shape index (κ2) is 11.4. The molecule has 156 valence electrons. The molecular weight excluding hydrogens is 448 g/mol. The van der Waals surface area contributed by atoms with Crippen molar-refractivity contribution in [1.82, 2.24) is 10.2 Å². The topological polar surface area (TPSA) is 49.4 Å². The van der Waals surface area contributed by atoms with E-state index < -0.39 is 6.04 Å². The Morgan fingerprint density at radius 1 is 1.10 bits per heavy atom. The zero-order chi connectivity index (χ0) is 21.4. The molecule has 1 N–H and O–H groups in total. The standard InChI is InChI=1S/C23H29BrN2O2S/c1-5-25-23(28)18(4)26(13-19-7-6-8-21(24)12-19)22(27)15-29-14-20-10-16(2)9-17(3)11-20/h6-12,18H,5,13-15H2,1-4H3,(H,25,28)/t18-/m0/s1. The molecule has 2 rings (SSSR count). The molecule has 29 heavy (non-hydrogen) atoms. The molecule has 2 amide bonds. The summed E-state index contributed by atoms with van der Waals surface area (Å²) in [6, 6.07) is 13.8. The van der Waals surface area contributed by atoms with Crippen molar-refractivity contribution in [3.63, 3.8) is 0 Å². The number of likely N-dealkylation sites (N-methyl/N-ethyl adjacent to an activating group) is 1. The maximum absolute atomic E-state index is 13.0. The van der Waals surface area contributed by atoms with Crippen molar-refractivity contribution in [2.45, 2.75) is 46.0 Å². The number of halogens is 1. The van der Waals surface area contributed by atoms with Gasteiger partial charge in [0.25, 0.3) is 0 Å². The lowest BCUT2D eigenvalue weighted by atomic mass is 10.1. The summed E-state index contributed by atoms with van der Waals surface area (Å²) in [5.41, 5.74) is 4.67. The number of nitrogens with zero attached hydrogens (tertiary/aromatic N) is 1. The van der Waals surface area contributed by atoms with Gasteiger partial charge in [0, 0.05) is 23.3 Å². The van der Waals surface area contributed by atoms with Gasteiger partial charge in [-0.05, 0) is 51.0 Å². The largest absolute Gasteiger partial charge is 0.355 e. The molecule has 2 aromatic rings. The van der Waals surface area contributed by atoms with Gasteiger partial charge in [0.2, 0.25) is 11.8 Å². The van der Waals surface area contributed by atoms with Gasteiger partial charge in [-0.3, -0.25) is 9.59 Å². The van der Waals surface area contributed by atoms with Crippen molar-refractivity contribution < 1.29 is 9.59 Å². The van der Waals surface area contributed by atoms with E-state index in [1.807, 2.05) is 31.2 Å². The first-order chi connectivity index (χ1) is 13.8. The van der Waals surface area contributed by atoms with Crippen molar-refractivity contribution in [2.24, 2.45) is 0 Å². The monoisotopic (exact) mass is 476 g/mol. The summed E-state index contributed by atoms with van der Waals surface area (Å²) >= 11 is 5.06. The highest BCUT2D eigenvalue weighted by molar-refractivity contribution is 9.10. The van der Waals surface area contributed by atoms with Crippen LogP contribution in [0.1, 0.15) is 36.1 Å². The molecule has 0 unspecified atom stereocenters. The van der Waals surface area contributed by atoms with Crippen LogP contribution in [-0.2, 0) is 21.9 Å². The maximum Gasteiger partial charge on any atom is 0.242 e. The van der Waals surface area contributed by atoms with Gasteiger partial charge in [0.05, 0.1) is 5.75 Å². The number of hydrogen-bond donors (Lipinski definition) is 1. The Labute approximate surface area is 186 Å². The van der Waals surface area contributed by atoms with Crippen LogP contribution < -0.4 is 5.32 Å². The SMILES string of the molecule is CCNC(=O)[C@H](C)N(Cc1cccc(Br)c1)C(=O)CSCc1cc(C)cc(C)c1. The molecule has 6 heteroatoms. The molecule has 0 radical (unpaired) electrons. The number of hydrogen-bond acceptors (Lipinski definition) is 3. The van der Waals surface area contributed by atoms with Crippen LogP contribution in [0, 0.1) is 13.8 Å². The number of carbonyl (C=O) groups is 2. The third kappa shape index (κ3) is 7.52. The van der Waals surface area contributed by atoms with E-state index in [-0.39, 0.29) is 11.8 Å². The van der Waals surface area contributed by atoms with Crippen LogP contribution in [0.5, 0.6) is 0 Å². The Balaban J connectivity index is 2.07. The number of rotatable bonds is 9. The van der Waals surface area contributed by atoms with E-state index in [1.54, 1.807) is 23.6 Å². The van der Waals surface area contributed by atoms with E-state index in [2.05, 4.69) is 53.3 Å². The Bertz CT molecular complexity index is 836. The third-order valence-electron chi connectivity index (χ3n) is 4.54. The van der Waals surface area contributed by atoms with Gasteiger partial charge in [0.15, 0.2) is 0 Å². The Kier molecular flexibility index (Phi) is 9.24. The molecule has 0 heterocycles. The van der Waals surface area contributed by atoms with Crippen molar-refractivity contribution in [1.29, 1.82) is 0 Å². The highest BCUT2D eigenvalue weighted by Crippen LogP contribution is 2.19. The Morgan fingerprint density at radius 2 is 1.79 bits per heavy atom. The fourth-order valence-corrected chi connectivity index (χ4v) is 4.52. The van der Waals surface area contributed by atoms with E-state index >= 15 is 0 Å². The molecule has 1 atom stereocenters. The van der Waals surface area contributed by atoms with Crippen molar-refractivity contribution in [3.05, 3.63) is 69.2 Å². The van der Waals surface area contributed by atoms with Crippen LogP contribution >= 0.6 is 27.7 Å². The third-order valence-corrected chi connectivity index (χ3v) is 6.02. The normalized spacial score (nSPS) is 11.8. The number of aryl methyl sites for hydroxylation is 2. The zero-order valence-electron chi connectivity index (χ0n) is 17.5. The van der Waals surface area contributed by atoms with Crippen LogP contribution in [0.25, 0.3) is 0 Å². The summed E-state index contributed by atoms with van der Waals surface area (Å²) in [4.78, 5) is 27.1. The van der Waals surface area contributed by atoms with Crippen molar-refractivity contribution >= 4 is 39.5 Å². The predicted octanol–water partition coefficient (Wildman–Crippen LogP) is 4.85. The van der Waals surface area contributed by atoms with E-state index in [1.165, 1.54) is 16.7 Å². The van der Waals surface area contributed by atoms with Crippen LogP contribution in [0.4, 0.5) is 0 Å². The minimum absolute atomic E-state index is 0.0295. The maximum atomic E-state index is 13.0. The molecule has 2 aromatic carbocycles. The second-order valence-electron chi connectivity index (χ2n) is 7.21. The molecule has 0 fully saturated rings. The fourth-order valence-electron chi connectivity index (χ4n) is 3.23. The Morgan fingerprint density at radius 3 is 2.41 bits per heavy atom. The van der Waals surface area contributed by atoms with Gasteiger partial charge in [-0.25, -0.2) is 0 Å². The van der Waals surface area contributed by atoms with E-state index in [4.69, 9.17) is 0 Å². The highest BCUT2D eigenvalue weighted by Gasteiger charge is 2.25. The average molecular weight is 477 g/mol. The van der Waals surface area contributed by atoms with Crippen LogP contribution in [-0.4, -0.2) is 35.1 Å². The van der Waals surface area contributed by atoms with E-state index in [0.29, 0.717) is 18.8 Å². The predicted molar refractivity (Wildman–Crippen MR) is 125 cm³/mol.